The summed E-state index contributed by atoms with van der Waals surface area (Å²) < 4.78 is 10.7. The normalized spacial score (nSPS) is 10.5. The molecule has 7 heteroatoms. The molecular formula is C18H16ClN3O3. The molecule has 6 nitrogen and oxygen atoms in total. The molecule has 0 saturated carbocycles. The first-order valence-corrected chi connectivity index (χ1v) is 8.04. The van der Waals surface area contributed by atoms with Gasteiger partial charge < -0.3 is 14.5 Å². The van der Waals surface area contributed by atoms with Crippen LogP contribution in [0.2, 0.25) is 5.02 Å². The molecule has 0 atom stereocenters. The number of hydrogen-bond donors (Lipinski definition) is 1. The molecule has 0 aliphatic rings. The number of aromatic nitrogens is 2. The topological polar surface area (TPSA) is 77.2 Å². The van der Waals surface area contributed by atoms with Gasteiger partial charge in [0.1, 0.15) is 5.75 Å². The highest BCUT2D eigenvalue weighted by Gasteiger charge is 2.11. The number of aryl methyl sites for hydroxylation is 1. The van der Waals surface area contributed by atoms with E-state index in [-0.39, 0.29) is 12.3 Å². The fourth-order valence-electron chi connectivity index (χ4n) is 2.18. The SMILES string of the molecule is COc1ccc(-c2nnc(CCC(=O)Nc3ccc(Cl)cc3)o2)cc1. The highest BCUT2D eigenvalue weighted by atomic mass is 35.5. The molecule has 0 bridgehead atoms. The largest absolute Gasteiger partial charge is 0.497 e. The average Bonchev–Trinajstić information content (AvgIpc) is 3.11. The number of anilines is 1. The van der Waals surface area contributed by atoms with Crippen LogP contribution >= 0.6 is 11.6 Å². The molecule has 0 radical (unpaired) electrons. The molecule has 3 aromatic rings. The van der Waals surface area contributed by atoms with E-state index in [2.05, 4.69) is 15.5 Å². The van der Waals surface area contributed by atoms with Crippen molar-refractivity contribution in [2.45, 2.75) is 12.8 Å². The second-order valence-electron chi connectivity index (χ2n) is 5.28. The molecule has 0 spiro atoms. The maximum absolute atomic E-state index is 12.0. The Morgan fingerprint density at radius 2 is 1.84 bits per heavy atom. The van der Waals surface area contributed by atoms with Crippen LogP contribution in [0.15, 0.2) is 52.9 Å². The van der Waals surface area contributed by atoms with Crippen LogP contribution in [0, 0.1) is 0 Å². The van der Waals surface area contributed by atoms with Gasteiger partial charge in [0.05, 0.1) is 7.11 Å². The summed E-state index contributed by atoms with van der Waals surface area (Å²) in [5, 5.41) is 11.4. The Morgan fingerprint density at radius 3 is 2.52 bits per heavy atom. The second kappa shape index (κ2) is 7.81. The summed E-state index contributed by atoms with van der Waals surface area (Å²) in [4.78, 5) is 12.0. The third kappa shape index (κ3) is 4.58. The molecule has 2 aromatic carbocycles. The Labute approximate surface area is 149 Å². The van der Waals surface area contributed by atoms with Crippen molar-refractivity contribution in [3.8, 4) is 17.2 Å². The van der Waals surface area contributed by atoms with E-state index in [4.69, 9.17) is 20.8 Å². The zero-order chi connectivity index (χ0) is 17.6. The lowest BCUT2D eigenvalue weighted by Gasteiger charge is -2.03. The van der Waals surface area contributed by atoms with Gasteiger partial charge in [0, 0.05) is 29.1 Å². The zero-order valence-electron chi connectivity index (χ0n) is 13.5. The van der Waals surface area contributed by atoms with E-state index in [0.717, 1.165) is 11.3 Å². The lowest BCUT2D eigenvalue weighted by atomic mass is 10.2. The quantitative estimate of drug-likeness (QED) is 0.722. The lowest BCUT2D eigenvalue weighted by Crippen LogP contribution is -2.12. The van der Waals surface area contributed by atoms with E-state index in [1.807, 2.05) is 24.3 Å². The van der Waals surface area contributed by atoms with E-state index < -0.39 is 0 Å². The molecular weight excluding hydrogens is 342 g/mol. The molecule has 1 aromatic heterocycles. The smallest absolute Gasteiger partial charge is 0.247 e. The number of halogens is 1. The fraction of sp³-hybridized carbons (Fsp3) is 0.167. The summed E-state index contributed by atoms with van der Waals surface area (Å²) in [7, 11) is 1.61. The minimum atomic E-state index is -0.133. The average molecular weight is 358 g/mol. The number of benzene rings is 2. The molecule has 128 valence electrons. The highest BCUT2D eigenvalue weighted by molar-refractivity contribution is 6.30. The second-order valence-corrected chi connectivity index (χ2v) is 5.72. The van der Waals surface area contributed by atoms with Crippen molar-refractivity contribution < 1.29 is 13.9 Å². The van der Waals surface area contributed by atoms with Gasteiger partial charge in [-0.15, -0.1) is 10.2 Å². The number of amides is 1. The van der Waals surface area contributed by atoms with Crippen molar-refractivity contribution in [3.63, 3.8) is 0 Å². The lowest BCUT2D eigenvalue weighted by molar-refractivity contribution is -0.116. The van der Waals surface area contributed by atoms with Crippen molar-refractivity contribution in [1.29, 1.82) is 0 Å². The third-order valence-corrected chi connectivity index (χ3v) is 3.75. The van der Waals surface area contributed by atoms with Crippen LogP contribution in [0.1, 0.15) is 12.3 Å². The van der Waals surface area contributed by atoms with Gasteiger partial charge in [0.2, 0.25) is 17.7 Å². The number of nitrogens with zero attached hydrogens (tertiary/aromatic N) is 2. The Bertz CT molecular complexity index is 845. The van der Waals surface area contributed by atoms with E-state index in [1.165, 1.54) is 0 Å². The van der Waals surface area contributed by atoms with Crippen molar-refractivity contribution in [2.75, 3.05) is 12.4 Å². The van der Waals surface area contributed by atoms with Gasteiger partial charge >= 0.3 is 0 Å². The summed E-state index contributed by atoms with van der Waals surface area (Å²) in [5.41, 5.74) is 1.49. The molecule has 0 fully saturated rings. The first-order chi connectivity index (χ1) is 12.1. The first kappa shape index (κ1) is 17.0. The van der Waals surface area contributed by atoms with Crippen LogP contribution < -0.4 is 10.1 Å². The van der Waals surface area contributed by atoms with Gasteiger partial charge in [-0.1, -0.05) is 11.6 Å². The third-order valence-electron chi connectivity index (χ3n) is 3.50. The van der Waals surface area contributed by atoms with Gasteiger partial charge in [0.15, 0.2) is 0 Å². The van der Waals surface area contributed by atoms with Gasteiger partial charge in [-0.3, -0.25) is 4.79 Å². The molecule has 1 heterocycles. The molecule has 25 heavy (non-hydrogen) atoms. The standard InChI is InChI=1S/C18H16ClN3O3/c1-24-15-8-2-12(3-9-15)18-22-21-17(25-18)11-10-16(23)20-14-6-4-13(19)5-7-14/h2-9H,10-11H2,1H3,(H,20,23). The maximum Gasteiger partial charge on any atom is 0.247 e. The van der Waals surface area contributed by atoms with Crippen molar-refractivity contribution in [3.05, 3.63) is 59.4 Å². The molecule has 3 rings (SSSR count). The fourth-order valence-corrected chi connectivity index (χ4v) is 2.31. The number of methoxy groups -OCH3 is 1. The number of nitrogens with one attached hydrogen (secondary N) is 1. The number of rotatable bonds is 6. The van der Waals surface area contributed by atoms with E-state index in [1.54, 1.807) is 31.4 Å². The van der Waals surface area contributed by atoms with E-state index >= 15 is 0 Å². The molecule has 0 unspecified atom stereocenters. The number of hydrogen-bond acceptors (Lipinski definition) is 5. The number of carbonyl (C=O) groups is 1. The minimum Gasteiger partial charge on any atom is -0.497 e. The Kier molecular flexibility index (Phi) is 5.30. The predicted octanol–water partition coefficient (Wildman–Crippen LogP) is 3.97. The highest BCUT2D eigenvalue weighted by Crippen LogP contribution is 2.21. The van der Waals surface area contributed by atoms with Crippen molar-refractivity contribution >= 4 is 23.2 Å². The van der Waals surface area contributed by atoms with Crippen LogP contribution in [0.5, 0.6) is 5.75 Å². The van der Waals surface area contributed by atoms with E-state index in [9.17, 15) is 4.79 Å². The minimum absolute atomic E-state index is 0.133. The summed E-state index contributed by atoms with van der Waals surface area (Å²) in [5.74, 6) is 1.45. The zero-order valence-corrected chi connectivity index (χ0v) is 14.3. The number of carbonyl (C=O) groups excluding carboxylic acids is 1. The predicted molar refractivity (Wildman–Crippen MR) is 94.7 cm³/mol. The van der Waals surface area contributed by atoms with Crippen LogP contribution in [0.25, 0.3) is 11.5 Å². The Balaban J connectivity index is 1.55. The van der Waals surface area contributed by atoms with Crippen molar-refractivity contribution in [1.82, 2.24) is 10.2 Å². The molecule has 0 saturated heterocycles. The first-order valence-electron chi connectivity index (χ1n) is 7.66. The Hall–Kier alpha value is -2.86. The summed E-state index contributed by atoms with van der Waals surface area (Å²) in [6, 6.07) is 14.2. The van der Waals surface area contributed by atoms with Gasteiger partial charge in [-0.25, -0.2) is 0 Å². The summed E-state index contributed by atoms with van der Waals surface area (Å²) in [6.07, 6.45) is 0.607. The van der Waals surface area contributed by atoms with Gasteiger partial charge in [-0.2, -0.15) is 0 Å². The van der Waals surface area contributed by atoms with E-state index in [0.29, 0.717) is 28.9 Å². The molecule has 1 amide bonds. The Morgan fingerprint density at radius 1 is 1.12 bits per heavy atom. The van der Waals surface area contributed by atoms with Crippen LogP contribution in [-0.2, 0) is 11.2 Å². The summed E-state index contributed by atoms with van der Waals surface area (Å²) >= 11 is 5.81. The number of ether oxygens (including phenoxy) is 1. The van der Waals surface area contributed by atoms with Crippen LogP contribution in [0.4, 0.5) is 5.69 Å². The van der Waals surface area contributed by atoms with Gasteiger partial charge in [-0.05, 0) is 48.5 Å². The monoisotopic (exact) mass is 357 g/mol. The summed E-state index contributed by atoms with van der Waals surface area (Å²) in [6.45, 7) is 0. The van der Waals surface area contributed by atoms with Crippen LogP contribution in [-0.4, -0.2) is 23.2 Å². The van der Waals surface area contributed by atoms with Gasteiger partial charge in [0.25, 0.3) is 0 Å². The van der Waals surface area contributed by atoms with Crippen molar-refractivity contribution in [2.24, 2.45) is 0 Å². The molecule has 1 N–H and O–H groups in total. The van der Waals surface area contributed by atoms with Crippen LogP contribution in [0.3, 0.4) is 0 Å². The molecule has 0 aliphatic heterocycles. The molecule has 0 aliphatic carbocycles. The maximum atomic E-state index is 12.0.